The summed E-state index contributed by atoms with van der Waals surface area (Å²) in [5.74, 6) is -1.77. The number of benzene rings is 2. The quantitative estimate of drug-likeness (QED) is 0.563. The number of carbonyl (C=O) groups excluding carboxylic acids is 1. The zero-order chi connectivity index (χ0) is 23.6. The first-order valence-corrected chi connectivity index (χ1v) is 12.1. The van der Waals surface area contributed by atoms with Gasteiger partial charge in [0.05, 0.1) is 26.0 Å². The number of carbonyl (C=O) groups is 1. The average Bonchev–Trinajstić information content (AvgIpc) is 3.28. The van der Waals surface area contributed by atoms with Gasteiger partial charge in [0.15, 0.2) is 5.13 Å². The molecular formula is C21H19F2N3O5S2. The van der Waals surface area contributed by atoms with Gasteiger partial charge in [-0.05, 0) is 36.4 Å². The normalized spacial score (nSPS) is 14.8. The Bertz CT molecular complexity index is 1290. The van der Waals surface area contributed by atoms with E-state index in [0.717, 1.165) is 29.5 Å². The Labute approximate surface area is 192 Å². The Hall–Kier alpha value is -2.93. The van der Waals surface area contributed by atoms with E-state index in [0.29, 0.717) is 0 Å². The lowest BCUT2D eigenvalue weighted by Gasteiger charge is -2.26. The molecule has 3 aromatic rings. The van der Waals surface area contributed by atoms with Gasteiger partial charge in [0, 0.05) is 29.6 Å². The van der Waals surface area contributed by atoms with Crippen molar-refractivity contribution in [2.45, 2.75) is 4.90 Å². The van der Waals surface area contributed by atoms with Gasteiger partial charge in [0.2, 0.25) is 10.0 Å². The highest BCUT2D eigenvalue weighted by Gasteiger charge is 2.30. The number of thiazole rings is 1. The zero-order valence-electron chi connectivity index (χ0n) is 17.4. The molecule has 1 aliphatic heterocycles. The van der Waals surface area contributed by atoms with Gasteiger partial charge in [-0.3, -0.25) is 10.1 Å². The van der Waals surface area contributed by atoms with Crippen LogP contribution >= 0.6 is 11.3 Å². The van der Waals surface area contributed by atoms with E-state index in [2.05, 4.69) is 10.3 Å². The summed E-state index contributed by atoms with van der Waals surface area (Å²) >= 11 is 1.02. The van der Waals surface area contributed by atoms with Crippen LogP contribution in [0.1, 0.15) is 10.4 Å². The van der Waals surface area contributed by atoms with Crippen LogP contribution in [0.3, 0.4) is 0 Å². The summed E-state index contributed by atoms with van der Waals surface area (Å²) in [6.45, 7) is 0.945. The Morgan fingerprint density at radius 2 is 1.94 bits per heavy atom. The lowest BCUT2D eigenvalue weighted by atomic mass is 10.1. The van der Waals surface area contributed by atoms with Crippen molar-refractivity contribution in [2.24, 2.45) is 0 Å². The molecule has 0 atom stereocenters. The topological polar surface area (TPSA) is 97.8 Å². The first kappa shape index (κ1) is 23.2. The van der Waals surface area contributed by atoms with E-state index >= 15 is 0 Å². The van der Waals surface area contributed by atoms with Crippen LogP contribution in [0.2, 0.25) is 0 Å². The van der Waals surface area contributed by atoms with Crippen LogP contribution in [0.15, 0.2) is 46.7 Å². The molecule has 1 fully saturated rings. The lowest BCUT2D eigenvalue weighted by Crippen LogP contribution is -2.40. The van der Waals surface area contributed by atoms with Crippen LogP contribution < -0.4 is 10.1 Å². The highest BCUT2D eigenvalue weighted by molar-refractivity contribution is 7.89. The smallest absolute Gasteiger partial charge is 0.257 e. The number of rotatable bonds is 6. The first-order valence-electron chi connectivity index (χ1n) is 9.78. The fraction of sp³-hybridized carbons (Fsp3) is 0.238. The average molecular weight is 496 g/mol. The van der Waals surface area contributed by atoms with Crippen molar-refractivity contribution >= 4 is 32.4 Å². The van der Waals surface area contributed by atoms with Gasteiger partial charge in [-0.25, -0.2) is 22.2 Å². The Morgan fingerprint density at radius 1 is 1.18 bits per heavy atom. The number of amides is 1. The number of morpholine rings is 1. The maximum Gasteiger partial charge on any atom is 0.257 e. The van der Waals surface area contributed by atoms with Crippen molar-refractivity contribution in [3.05, 3.63) is 59.0 Å². The Morgan fingerprint density at radius 3 is 2.67 bits per heavy atom. The molecule has 174 valence electrons. The number of anilines is 1. The molecule has 0 radical (unpaired) electrons. The van der Waals surface area contributed by atoms with Crippen molar-refractivity contribution < 1.29 is 31.5 Å². The second-order valence-corrected chi connectivity index (χ2v) is 9.76. The standard InChI is InChI=1S/C21H19F2N3O5S2/c1-30-18-5-2-13(10-19(18)33(28,29)26-6-8-31-9-7-26)20(27)25-21-24-17(12-32-21)15-11-14(22)3-4-16(15)23/h2-5,10-12H,6-9H2,1H3,(H,24,25,27). The molecule has 1 saturated heterocycles. The number of ether oxygens (including phenoxy) is 2. The third-order valence-electron chi connectivity index (χ3n) is 4.94. The molecule has 2 heterocycles. The summed E-state index contributed by atoms with van der Waals surface area (Å²) in [6, 6.07) is 7.07. The minimum atomic E-state index is -3.92. The molecule has 1 N–H and O–H groups in total. The van der Waals surface area contributed by atoms with E-state index in [1.165, 1.54) is 35.0 Å². The van der Waals surface area contributed by atoms with Gasteiger partial charge < -0.3 is 9.47 Å². The fourth-order valence-corrected chi connectivity index (χ4v) is 5.56. The summed E-state index contributed by atoms with van der Waals surface area (Å²) in [5.41, 5.74) is 0.198. The third-order valence-corrected chi connectivity index (χ3v) is 7.62. The summed E-state index contributed by atoms with van der Waals surface area (Å²) in [7, 11) is -2.57. The van der Waals surface area contributed by atoms with Crippen LogP contribution in [0.5, 0.6) is 5.75 Å². The highest BCUT2D eigenvalue weighted by atomic mass is 32.2. The van der Waals surface area contributed by atoms with Crippen LogP contribution in [-0.4, -0.2) is 57.0 Å². The van der Waals surface area contributed by atoms with Gasteiger partial charge in [0.1, 0.15) is 22.3 Å². The number of methoxy groups -OCH3 is 1. The molecule has 1 aromatic heterocycles. The third kappa shape index (κ3) is 4.88. The van der Waals surface area contributed by atoms with Crippen molar-refractivity contribution in [3.8, 4) is 17.0 Å². The largest absolute Gasteiger partial charge is 0.495 e. The molecule has 12 heteroatoms. The molecular weight excluding hydrogens is 476 g/mol. The van der Waals surface area contributed by atoms with Gasteiger partial charge >= 0.3 is 0 Å². The van der Waals surface area contributed by atoms with Gasteiger partial charge in [0.25, 0.3) is 5.91 Å². The van der Waals surface area contributed by atoms with Crippen molar-refractivity contribution in [1.29, 1.82) is 0 Å². The molecule has 1 aliphatic rings. The van der Waals surface area contributed by atoms with Crippen molar-refractivity contribution in [3.63, 3.8) is 0 Å². The molecule has 2 aromatic carbocycles. The molecule has 0 bridgehead atoms. The Balaban J connectivity index is 1.59. The van der Waals surface area contributed by atoms with Crippen LogP contribution in [0.25, 0.3) is 11.3 Å². The number of hydrogen-bond acceptors (Lipinski definition) is 7. The molecule has 33 heavy (non-hydrogen) atoms. The van der Waals surface area contributed by atoms with Crippen molar-refractivity contribution in [1.82, 2.24) is 9.29 Å². The number of hydrogen-bond donors (Lipinski definition) is 1. The van der Waals surface area contributed by atoms with Crippen LogP contribution in [-0.2, 0) is 14.8 Å². The first-order chi connectivity index (χ1) is 15.8. The van der Waals surface area contributed by atoms with E-state index in [-0.39, 0.29) is 58.9 Å². The van der Waals surface area contributed by atoms with E-state index in [4.69, 9.17) is 9.47 Å². The van der Waals surface area contributed by atoms with Gasteiger partial charge in [-0.1, -0.05) is 0 Å². The second kappa shape index (κ2) is 9.51. The number of nitrogens with one attached hydrogen (secondary N) is 1. The minimum Gasteiger partial charge on any atom is -0.495 e. The molecule has 0 unspecified atom stereocenters. The highest BCUT2D eigenvalue weighted by Crippen LogP contribution is 2.30. The summed E-state index contributed by atoms with van der Waals surface area (Å²) in [5, 5.41) is 4.19. The molecule has 0 spiro atoms. The predicted octanol–water partition coefficient (Wildman–Crippen LogP) is 3.37. The minimum absolute atomic E-state index is 0.0323. The van der Waals surface area contributed by atoms with E-state index in [1.807, 2.05) is 0 Å². The fourth-order valence-electron chi connectivity index (χ4n) is 3.26. The molecule has 8 nitrogen and oxygen atoms in total. The van der Waals surface area contributed by atoms with Gasteiger partial charge in [-0.2, -0.15) is 4.31 Å². The monoisotopic (exact) mass is 495 g/mol. The number of aromatic nitrogens is 1. The van der Waals surface area contributed by atoms with Crippen LogP contribution in [0.4, 0.5) is 13.9 Å². The molecule has 4 rings (SSSR count). The van der Waals surface area contributed by atoms with Gasteiger partial charge in [-0.15, -0.1) is 11.3 Å². The summed E-state index contributed by atoms with van der Waals surface area (Å²) < 4.78 is 65.4. The number of sulfonamides is 1. The second-order valence-electron chi connectivity index (χ2n) is 7.00. The predicted molar refractivity (Wildman–Crippen MR) is 118 cm³/mol. The summed E-state index contributed by atoms with van der Waals surface area (Å²) in [4.78, 5) is 16.8. The van der Waals surface area contributed by atoms with E-state index in [1.54, 1.807) is 0 Å². The van der Waals surface area contributed by atoms with Crippen LogP contribution in [0, 0.1) is 11.6 Å². The number of halogens is 2. The SMILES string of the molecule is COc1ccc(C(=O)Nc2nc(-c3cc(F)ccc3F)cs2)cc1S(=O)(=O)N1CCOCC1. The van der Waals surface area contributed by atoms with E-state index in [9.17, 15) is 22.0 Å². The maximum atomic E-state index is 14.0. The molecule has 0 aliphatic carbocycles. The zero-order valence-corrected chi connectivity index (χ0v) is 19.0. The maximum absolute atomic E-state index is 14.0. The Kier molecular flexibility index (Phi) is 6.70. The lowest BCUT2D eigenvalue weighted by molar-refractivity contribution is 0.0729. The van der Waals surface area contributed by atoms with E-state index < -0.39 is 27.6 Å². The molecule has 0 saturated carbocycles. The molecule has 1 amide bonds. The van der Waals surface area contributed by atoms with Crippen molar-refractivity contribution in [2.75, 3.05) is 38.7 Å². The number of nitrogens with zero attached hydrogens (tertiary/aromatic N) is 2. The summed E-state index contributed by atoms with van der Waals surface area (Å²) in [6.07, 6.45) is 0.